The number of carbonyl (C=O) groups excluding carboxylic acids is 1. The summed E-state index contributed by atoms with van der Waals surface area (Å²) in [4.78, 5) is 17.5. The molecule has 1 aromatic heterocycles. The molecule has 1 saturated heterocycles. The Labute approximate surface area is 187 Å². The van der Waals surface area contributed by atoms with Crippen molar-refractivity contribution in [3.63, 3.8) is 0 Å². The minimum atomic E-state index is -0.0387. The molecule has 1 saturated carbocycles. The third kappa shape index (κ3) is 5.08. The first kappa shape index (κ1) is 21.4. The number of nitrogens with one attached hydrogen (secondary N) is 2. The van der Waals surface area contributed by atoms with Gasteiger partial charge >= 0.3 is 0 Å². The molecule has 0 spiro atoms. The fourth-order valence-electron chi connectivity index (χ4n) is 4.32. The fourth-order valence-corrected chi connectivity index (χ4v) is 4.67. The smallest absolute Gasteiger partial charge is 0.253 e. The second kappa shape index (κ2) is 9.99. The number of benzene rings is 1. The lowest BCUT2D eigenvalue weighted by molar-refractivity contribution is 0.0642. The van der Waals surface area contributed by atoms with Gasteiger partial charge in [-0.15, -0.1) is 0 Å². The van der Waals surface area contributed by atoms with Crippen molar-refractivity contribution < 1.29 is 9.53 Å². The SMILES string of the molecule is O=C(NCC1CCOCC1)c1cnc(Nc2cccc(Cl)c2Cl)cc1C1CCCC1. The summed E-state index contributed by atoms with van der Waals surface area (Å²) in [5.74, 6) is 1.49. The van der Waals surface area contributed by atoms with Crippen LogP contribution in [0.4, 0.5) is 11.5 Å². The highest BCUT2D eigenvalue weighted by Crippen LogP contribution is 2.37. The van der Waals surface area contributed by atoms with Crippen LogP contribution in [0.25, 0.3) is 0 Å². The molecule has 2 heterocycles. The van der Waals surface area contributed by atoms with Crippen molar-refractivity contribution in [2.45, 2.75) is 44.4 Å². The molecular weight excluding hydrogens is 421 g/mol. The Morgan fingerprint density at radius 2 is 1.90 bits per heavy atom. The molecule has 2 aliphatic rings. The van der Waals surface area contributed by atoms with Crippen molar-refractivity contribution >= 4 is 40.6 Å². The lowest BCUT2D eigenvalue weighted by atomic mass is 9.93. The number of hydrogen-bond acceptors (Lipinski definition) is 4. The Hall–Kier alpha value is -1.82. The van der Waals surface area contributed by atoms with Crippen LogP contribution in [0, 0.1) is 5.92 Å². The van der Waals surface area contributed by atoms with E-state index in [1.165, 1.54) is 12.8 Å². The molecule has 2 aromatic rings. The lowest BCUT2D eigenvalue weighted by Gasteiger charge is -2.23. The molecule has 0 radical (unpaired) electrons. The lowest BCUT2D eigenvalue weighted by Crippen LogP contribution is -2.33. The van der Waals surface area contributed by atoms with E-state index in [4.69, 9.17) is 27.9 Å². The number of hydrogen-bond donors (Lipinski definition) is 2. The van der Waals surface area contributed by atoms with Gasteiger partial charge in [-0.2, -0.15) is 0 Å². The summed E-state index contributed by atoms with van der Waals surface area (Å²) < 4.78 is 5.41. The first-order valence-corrected chi connectivity index (χ1v) is 11.4. The second-order valence-electron chi connectivity index (χ2n) is 8.13. The van der Waals surface area contributed by atoms with E-state index in [0.717, 1.165) is 44.5 Å². The maximum Gasteiger partial charge on any atom is 0.253 e. The fraction of sp³-hybridized carbons (Fsp3) is 0.478. The molecule has 4 rings (SSSR count). The molecule has 1 amide bonds. The van der Waals surface area contributed by atoms with E-state index in [1.807, 2.05) is 18.2 Å². The van der Waals surface area contributed by atoms with Crippen LogP contribution in [0.5, 0.6) is 0 Å². The zero-order valence-electron chi connectivity index (χ0n) is 16.9. The van der Waals surface area contributed by atoms with E-state index >= 15 is 0 Å². The van der Waals surface area contributed by atoms with Gasteiger partial charge in [0, 0.05) is 26.0 Å². The van der Waals surface area contributed by atoms with Crippen LogP contribution in [0.1, 0.15) is 60.4 Å². The van der Waals surface area contributed by atoms with E-state index in [2.05, 4.69) is 15.6 Å². The number of rotatable bonds is 6. The van der Waals surface area contributed by atoms with Gasteiger partial charge in [0.1, 0.15) is 5.82 Å². The maximum atomic E-state index is 13.0. The summed E-state index contributed by atoms with van der Waals surface area (Å²) in [5, 5.41) is 7.33. The van der Waals surface area contributed by atoms with Crippen molar-refractivity contribution in [3.8, 4) is 0 Å². The molecule has 160 valence electrons. The van der Waals surface area contributed by atoms with E-state index in [-0.39, 0.29) is 5.91 Å². The molecule has 2 fully saturated rings. The van der Waals surface area contributed by atoms with Gasteiger partial charge in [0.2, 0.25) is 0 Å². The predicted octanol–water partition coefficient (Wildman–Crippen LogP) is 5.95. The third-order valence-corrected chi connectivity index (χ3v) is 6.90. The van der Waals surface area contributed by atoms with Crippen LogP contribution in [0.3, 0.4) is 0 Å². The molecule has 0 unspecified atom stereocenters. The Morgan fingerprint density at radius 1 is 1.13 bits per heavy atom. The third-order valence-electron chi connectivity index (χ3n) is 6.08. The number of aromatic nitrogens is 1. The second-order valence-corrected chi connectivity index (χ2v) is 8.92. The van der Waals surface area contributed by atoms with Gasteiger partial charge in [0.15, 0.2) is 0 Å². The minimum absolute atomic E-state index is 0.0387. The van der Waals surface area contributed by atoms with Gasteiger partial charge in [-0.3, -0.25) is 4.79 Å². The average Bonchev–Trinajstić information content (AvgIpc) is 3.31. The van der Waals surface area contributed by atoms with Gasteiger partial charge < -0.3 is 15.4 Å². The van der Waals surface area contributed by atoms with Crippen LogP contribution < -0.4 is 10.6 Å². The van der Waals surface area contributed by atoms with Crippen molar-refractivity contribution in [2.24, 2.45) is 5.92 Å². The summed E-state index contributed by atoms with van der Waals surface area (Å²) in [6, 6.07) is 7.45. The number of carbonyl (C=O) groups is 1. The van der Waals surface area contributed by atoms with Crippen LogP contribution in [-0.2, 0) is 4.74 Å². The van der Waals surface area contributed by atoms with E-state index in [9.17, 15) is 4.79 Å². The number of amides is 1. The normalized spacial score (nSPS) is 17.8. The first-order valence-electron chi connectivity index (χ1n) is 10.7. The van der Waals surface area contributed by atoms with Crippen molar-refractivity contribution in [3.05, 3.63) is 51.6 Å². The van der Waals surface area contributed by atoms with E-state index in [1.54, 1.807) is 12.3 Å². The average molecular weight is 448 g/mol. The minimum Gasteiger partial charge on any atom is -0.381 e. The molecule has 0 atom stereocenters. The largest absolute Gasteiger partial charge is 0.381 e. The van der Waals surface area contributed by atoms with Crippen LogP contribution in [0.15, 0.2) is 30.5 Å². The zero-order chi connectivity index (χ0) is 20.9. The van der Waals surface area contributed by atoms with Gasteiger partial charge in [-0.05, 0) is 61.3 Å². The summed E-state index contributed by atoms with van der Waals surface area (Å²) in [6.45, 7) is 2.24. The van der Waals surface area contributed by atoms with Gasteiger partial charge in [0.25, 0.3) is 5.91 Å². The van der Waals surface area contributed by atoms with Crippen molar-refractivity contribution in [2.75, 3.05) is 25.1 Å². The zero-order valence-corrected chi connectivity index (χ0v) is 18.4. The van der Waals surface area contributed by atoms with E-state index < -0.39 is 0 Å². The first-order chi connectivity index (χ1) is 14.6. The van der Waals surface area contributed by atoms with Gasteiger partial charge in [-0.1, -0.05) is 42.1 Å². The highest BCUT2D eigenvalue weighted by Gasteiger charge is 2.24. The number of halogens is 2. The highest BCUT2D eigenvalue weighted by molar-refractivity contribution is 6.43. The van der Waals surface area contributed by atoms with Crippen molar-refractivity contribution in [1.29, 1.82) is 0 Å². The summed E-state index contributed by atoms with van der Waals surface area (Å²) in [7, 11) is 0. The highest BCUT2D eigenvalue weighted by atomic mass is 35.5. The maximum absolute atomic E-state index is 13.0. The molecule has 7 heteroatoms. The summed E-state index contributed by atoms with van der Waals surface area (Å²) in [6.07, 6.45) is 8.27. The van der Waals surface area contributed by atoms with Gasteiger partial charge in [0.05, 0.1) is 21.3 Å². The quantitative estimate of drug-likeness (QED) is 0.574. The number of nitrogens with zero attached hydrogens (tertiary/aromatic N) is 1. The molecule has 2 N–H and O–H groups in total. The Balaban J connectivity index is 1.54. The predicted molar refractivity (Wildman–Crippen MR) is 121 cm³/mol. The van der Waals surface area contributed by atoms with Crippen molar-refractivity contribution in [1.82, 2.24) is 10.3 Å². The molecule has 5 nitrogen and oxygen atoms in total. The summed E-state index contributed by atoms with van der Waals surface area (Å²) in [5.41, 5.74) is 2.44. The Bertz CT molecular complexity index is 894. The Kier molecular flexibility index (Phi) is 7.13. The number of ether oxygens (including phenoxy) is 1. The van der Waals surface area contributed by atoms with E-state index in [0.29, 0.717) is 45.5 Å². The standard InChI is InChI=1S/C23H27Cl2N3O2/c24-19-6-3-7-20(22(19)25)28-21-12-17(16-4-1-2-5-16)18(14-26-21)23(29)27-13-15-8-10-30-11-9-15/h3,6-7,12,14-16H,1-2,4-5,8-11,13H2,(H,26,28)(H,27,29). The molecule has 1 aromatic carbocycles. The molecule has 0 bridgehead atoms. The molecular formula is C23H27Cl2N3O2. The topological polar surface area (TPSA) is 63.2 Å². The van der Waals surface area contributed by atoms with Crippen LogP contribution >= 0.6 is 23.2 Å². The van der Waals surface area contributed by atoms with Crippen LogP contribution in [-0.4, -0.2) is 30.6 Å². The number of pyridine rings is 1. The Morgan fingerprint density at radius 3 is 2.67 bits per heavy atom. The molecule has 30 heavy (non-hydrogen) atoms. The molecule has 1 aliphatic heterocycles. The summed E-state index contributed by atoms with van der Waals surface area (Å²) >= 11 is 12.4. The van der Waals surface area contributed by atoms with Gasteiger partial charge in [-0.25, -0.2) is 4.98 Å². The van der Waals surface area contributed by atoms with Crippen LogP contribution in [0.2, 0.25) is 10.0 Å². The number of anilines is 2. The molecule has 1 aliphatic carbocycles. The monoisotopic (exact) mass is 447 g/mol.